The summed E-state index contributed by atoms with van der Waals surface area (Å²) in [6, 6.07) is 14.6. The number of anilines is 1. The lowest BCUT2D eigenvalue weighted by molar-refractivity contribution is 0.242. The van der Waals surface area contributed by atoms with Crippen molar-refractivity contribution in [1.29, 1.82) is 0 Å². The summed E-state index contributed by atoms with van der Waals surface area (Å²) in [5, 5.41) is 6.94. The van der Waals surface area contributed by atoms with Gasteiger partial charge in [0.1, 0.15) is 11.6 Å². The van der Waals surface area contributed by atoms with Gasteiger partial charge in [-0.2, -0.15) is 11.8 Å². The Morgan fingerprint density at radius 2 is 1.88 bits per heavy atom. The number of benzene rings is 2. The SMILES string of the molecule is CC(C)Oc1ccc(NC(=S)NCCCSCc2ccccc2F)cc1. The van der Waals surface area contributed by atoms with E-state index < -0.39 is 0 Å². The van der Waals surface area contributed by atoms with E-state index in [0.29, 0.717) is 10.9 Å². The molecule has 0 bridgehead atoms. The fourth-order valence-corrected chi connectivity index (χ4v) is 3.40. The van der Waals surface area contributed by atoms with Crippen molar-refractivity contribution in [3.8, 4) is 5.75 Å². The normalized spacial score (nSPS) is 10.6. The van der Waals surface area contributed by atoms with Gasteiger partial charge < -0.3 is 15.4 Å². The minimum absolute atomic E-state index is 0.131. The Labute approximate surface area is 164 Å². The smallest absolute Gasteiger partial charge is 0.170 e. The molecule has 26 heavy (non-hydrogen) atoms. The topological polar surface area (TPSA) is 33.3 Å². The van der Waals surface area contributed by atoms with Crippen LogP contribution in [0.2, 0.25) is 0 Å². The van der Waals surface area contributed by atoms with Crippen LogP contribution in [0.4, 0.5) is 10.1 Å². The number of thiocarbonyl (C=S) groups is 1. The molecule has 0 fully saturated rings. The van der Waals surface area contributed by atoms with Crippen molar-refractivity contribution in [2.24, 2.45) is 0 Å². The molecule has 2 N–H and O–H groups in total. The highest BCUT2D eigenvalue weighted by Gasteiger charge is 2.02. The Morgan fingerprint density at radius 3 is 2.58 bits per heavy atom. The first-order valence-electron chi connectivity index (χ1n) is 8.67. The van der Waals surface area contributed by atoms with Crippen LogP contribution in [0.1, 0.15) is 25.8 Å². The van der Waals surface area contributed by atoms with E-state index in [9.17, 15) is 4.39 Å². The maximum Gasteiger partial charge on any atom is 0.170 e. The minimum atomic E-state index is -0.131. The van der Waals surface area contributed by atoms with Gasteiger partial charge in [0.15, 0.2) is 5.11 Å². The Bertz CT molecular complexity index is 692. The first kappa shape index (κ1) is 20.5. The van der Waals surface area contributed by atoms with Crippen LogP contribution in [0.15, 0.2) is 48.5 Å². The third-order valence-electron chi connectivity index (χ3n) is 3.45. The van der Waals surface area contributed by atoms with Crippen LogP contribution < -0.4 is 15.4 Å². The monoisotopic (exact) mass is 392 g/mol. The lowest BCUT2D eigenvalue weighted by Crippen LogP contribution is -2.29. The van der Waals surface area contributed by atoms with E-state index in [1.807, 2.05) is 50.2 Å². The minimum Gasteiger partial charge on any atom is -0.491 e. The number of rotatable bonds is 9. The summed E-state index contributed by atoms with van der Waals surface area (Å²) in [7, 11) is 0. The van der Waals surface area contributed by atoms with Crippen LogP contribution in [0, 0.1) is 5.82 Å². The van der Waals surface area contributed by atoms with E-state index in [-0.39, 0.29) is 11.9 Å². The molecule has 140 valence electrons. The van der Waals surface area contributed by atoms with Gasteiger partial charge in [0.05, 0.1) is 6.10 Å². The Balaban J connectivity index is 1.59. The predicted octanol–water partition coefficient (Wildman–Crippen LogP) is 5.22. The molecule has 0 spiro atoms. The third-order valence-corrected chi connectivity index (χ3v) is 4.79. The molecule has 0 radical (unpaired) electrons. The van der Waals surface area contributed by atoms with E-state index in [1.54, 1.807) is 17.8 Å². The summed E-state index contributed by atoms with van der Waals surface area (Å²) in [5.41, 5.74) is 1.68. The number of hydrogen-bond donors (Lipinski definition) is 2. The maximum absolute atomic E-state index is 13.5. The predicted molar refractivity (Wildman–Crippen MR) is 114 cm³/mol. The van der Waals surface area contributed by atoms with Gasteiger partial charge in [0.2, 0.25) is 0 Å². The molecule has 0 aliphatic rings. The van der Waals surface area contributed by atoms with E-state index in [4.69, 9.17) is 17.0 Å². The quantitative estimate of drug-likeness (QED) is 0.451. The van der Waals surface area contributed by atoms with Crippen LogP contribution >= 0.6 is 24.0 Å². The van der Waals surface area contributed by atoms with Gasteiger partial charge in [-0.1, -0.05) is 18.2 Å². The summed E-state index contributed by atoms with van der Waals surface area (Å²) < 4.78 is 19.1. The maximum atomic E-state index is 13.5. The molecule has 6 heteroatoms. The molecule has 0 unspecified atom stereocenters. The molecule has 0 heterocycles. The van der Waals surface area contributed by atoms with Gasteiger partial charge in [0.25, 0.3) is 0 Å². The van der Waals surface area contributed by atoms with Crippen LogP contribution in [0.3, 0.4) is 0 Å². The molecular weight excluding hydrogens is 367 g/mol. The molecule has 0 amide bonds. The number of ether oxygens (including phenoxy) is 1. The lowest BCUT2D eigenvalue weighted by atomic mass is 10.2. The number of nitrogens with one attached hydrogen (secondary N) is 2. The Hall–Kier alpha value is -1.79. The highest BCUT2D eigenvalue weighted by atomic mass is 32.2. The zero-order valence-corrected chi connectivity index (χ0v) is 16.8. The average molecular weight is 393 g/mol. The molecule has 3 nitrogen and oxygen atoms in total. The molecule has 0 saturated heterocycles. The van der Waals surface area contributed by atoms with Crippen molar-refractivity contribution < 1.29 is 9.13 Å². The Kier molecular flexibility index (Phi) is 8.71. The fraction of sp³-hybridized carbons (Fsp3) is 0.350. The molecule has 2 rings (SSSR count). The molecule has 0 aliphatic carbocycles. The molecule has 2 aromatic rings. The van der Waals surface area contributed by atoms with E-state index in [0.717, 1.165) is 35.7 Å². The van der Waals surface area contributed by atoms with Crippen LogP contribution in [0.25, 0.3) is 0 Å². The van der Waals surface area contributed by atoms with Crippen molar-refractivity contribution in [3.63, 3.8) is 0 Å². The van der Waals surface area contributed by atoms with Crippen molar-refractivity contribution in [1.82, 2.24) is 5.32 Å². The number of hydrogen-bond acceptors (Lipinski definition) is 3. The zero-order chi connectivity index (χ0) is 18.8. The highest BCUT2D eigenvalue weighted by Crippen LogP contribution is 2.17. The first-order valence-corrected chi connectivity index (χ1v) is 10.2. The van der Waals surface area contributed by atoms with Crippen molar-refractivity contribution in [3.05, 3.63) is 59.9 Å². The number of halogens is 1. The summed E-state index contributed by atoms with van der Waals surface area (Å²) in [6.07, 6.45) is 1.12. The van der Waals surface area contributed by atoms with Crippen LogP contribution in [-0.2, 0) is 5.75 Å². The van der Waals surface area contributed by atoms with E-state index in [1.165, 1.54) is 6.07 Å². The van der Waals surface area contributed by atoms with Gasteiger partial charge in [-0.3, -0.25) is 0 Å². The molecule has 0 aromatic heterocycles. The summed E-state index contributed by atoms with van der Waals surface area (Å²) >= 11 is 7.03. The highest BCUT2D eigenvalue weighted by molar-refractivity contribution is 7.98. The summed E-state index contributed by atoms with van der Waals surface area (Å²) in [6.45, 7) is 4.78. The molecule has 2 aromatic carbocycles. The van der Waals surface area contributed by atoms with Crippen molar-refractivity contribution >= 4 is 34.8 Å². The molecular formula is C20H25FN2OS2. The average Bonchev–Trinajstić information content (AvgIpc) is 2.60. The largest absolute Gasteiger partial charge is 0.491 e. The van der Waals surface area contributed by atoms with E-state index >= 15 is 0 Å². The van der Waals surface area contributed by atoms with Crippen LogP contribution in [0.5, 0.6) is 5.75 Å². The van der Waals surface area contributed by atoms with Gasteiger partial charge in [-0.25, -0.2) is 4.39 Å². The zero-order valence-electron chi connectivity index (χ0n) is 15.1. The lowest BCUT2D eigenvalue weighted by Gasteiger charge is -2.12. The first-order chi connectivity index (χ1) is 12.5. The standard InChI is InChI=1S/C20H25FN2OS2/c1-15(2)24-18-10-8-17(9-11-18)23-20(25)22-12-5-13-26-14-16-6-3-4-7-19(16)21/h3-4,6-11,15H,5,12-14H2,1-2H3,(H2,22,23,25). The molecule has 0 atom stereocenters. The second-order valence-corrected chi connectivity index (χ2v) is 7.58. The van der Waals surface area contributed by atoms with Crippen LogP contribution in [-0.4, -0.2) is 23.5 Å². The van der Waals surface area contributed by atoms with Gasteiger partial charge in [0, 0.05) is 18.0 Å². The second-order valence-electron chi connectivity index (χ2n) is 6.07. The summed E-state index contributed by atoms with van der Waals surface area (Å²) in [5.74, 6) is 2.36. The Morgan fingerprint density at radius 1 is 1.15 bits per heavy atom. The van der Waals surface area contributed by atoms with Gasteiger partial charge >= 0.3 is 0 Å². The van der Waals surface area contributed by atoms with Gasteiger partial charge in [-0.15, -0.1) is 0 Å². The van der Waals surface area contributed by atoms with Crippen molar-refractivity contribution in [2.75, 3.05) is 17.6 Å². The second kappa shape index (κ2) is 11.0. The number of thioether (sulfide) groups is 1. The fourth-order valence-electron chi connectivity index (χ4n) is 2.24. The van der Waals surface area contributed by atoms with Gasteiger partial charge in [-0.05, 0) is 74.1 Å². The molecule has 0 saturated carbocycles. The molecule has 0 aliphatic heterocycles. The van der Waals surface area contributed by atoms with E-state index in [2.05, 4.69) is 10.6 Å². The van der Waals surface area contributed by atoms with Crippen molar-refractivity contribution in [2.45, 2.75) is 32.1 Å². The summed E-state index contributed by atoms with van der Waals surface area (Å²) in [4.78, 5) is 0. The third kappa shape index (κ3) is 7.62.